The number of hydrogen-bond acceptors (Lipinski definition) is 7. The van der Waals surface area contributed by atoms with E-state index in [1.54, 1.807) is 0 Å². The number of hydrogen-bond donors (Lipinski definition) is 0. The second kappa shape index (κ2) is 4.15. The molecular weight excluding hydrogens is 267 g/mol. The van der Waals surface area contributed by atoms with E-state index in [-0.39, 0.29) is 5.02 Å². The van der Waals surface area contributed by atoms with Crippen LogP contribution in [0.1, 0.15) is 0 Å². The summed E-state index contributed by atoms with van der Waals surface area (Å²) in [6, 6.07) is 0. The van der Waals surface area contributed by atoms with Crippen molar-refractivity contribution in [1.29, 1.82) is 0 Å². The second-order valence-electron chi connectivity index (χ2n) is 2.54. The summed E-state index contributed by atoms with van der Waals surface area (Å²) < 4.78 is 32.7. The van der Waals surface area contributed by atoms with E-state index in [1.807, 2.05) is 0 Å². The highest BCUT2D eigenvalue weighted by Gasteiger charge is 2.19. The van der Waals surface area contributed by atoms with Gasteiger partial charge in [0.15, 0.2) is 0 Å². The van der Waals surface area contributed by atoms with E-state index < -0.39 is 28.1 Å². The third-order valence-electron chi connectivity index (χ3n) is 1.20. The molecule has 0 aliphatic carbocycles. The Labute approximate surface area is 90.2 Å². The zero-order chi connectivity index (χ0) is 11.7. The minimum Gasteiger partial charge on any atom is -0.810 e. The first-order valence-electron chi connectivity index (χ1n) is 3.42. The van der Waals surface area contributed by atoms with E-state index in [1.165, 1.54) is 0 Å². The largest absolute Gasteiger partial charge is 0.810 e. The normalized spacial score (nSPS) is 12.7. The van der Waals surface area contributed by atoms with Crippen LogP contribution in [0, 0.1) is 0 Å². The molecular formula is C5H4ClN2O5PS-2. The maximum absolute atomic E-state index is 11.2. The molecule has 1 heterocycles. The van der Waals surface area contributed by atoms with Crippen molar-refractivity contribution in [3.05, 3.63) is 17.4 Å². The van der Waals surface area contributed by atoms with Gasteiger partial charge in [0, 0.05) is 0 Å². The Balaban J connectivity index is 3.07. The van der Waals surface area contributed by atoms with Gasteiger partial charge in [0.05, 0.1) is 22.9 Å². The summed E-state index contributed by atoms with van der Waals surface area (Å²) in [5, 5.41) is -0.639. The zero-order valence-electron chi connectivity index (χ0n) is 7.03. The van der Waals surface area contributed by atoms with Crippen molar-refractivity contribution in [2.24, 2.45) is 0 Å². The molecule has 0 saturated heterocycles. The fraction of sp³-hybridized carbons (Fsp3) is 0.200. The van der Waals surface area contributed by atoms with Gasteiger partial charge in [-0.2, -0.15) is 0 Å². The van der Waals surface area contributed by atoms with Crippen LogP contribution in [-0.4, -0.2) is 23.9 Å². The summed E-state index contributed by atoms with van der Waals surface area (Å²) in [4.78, 5) is 27.2. The van der Waals surface area contributed by atoms with E-state index in [9.17, 15) is 22.8 Å². The topological polar surface area (TPSA) is 123 Å². The summed E-state index contributed by atoms with van der Waals surface area (Å²) >= 11 is 5.40. The molecule has 0 aromatic carbocycles. The van der Waals surface area contributed by atoms with Crippen LogP contribution in [0.25, 0.3) is 0 Å². The van der Waals surface area contributed by atoms with Crippen LogP contribution in [0.3, 0.4) is 0 Å². The molecule has 0 fully saturated rings. The molecule has 0 radical (unpaired) electrons. The van der Waals surface area contributed by atoms with Gasteiger partial charge in [-0.3, -0.25) is 0 Å². The van der Waals surface area contributed by atoms with Crippen LogP contribution in [0.4, 0.5) is 0 Å². The first-order valence-corrected chi connectivity index (χ1v) is 7.18. The van der Waals surface area contributed by atoms with Gasteiger partial charge in [-0.25, -0.2) is 18.4 Å². The Morgan fingerprint density at radius 2 is 1.80 bits per heavy atom. The maximum atomic E-state index is 11.2. The van der Waals surface area contributed by atoms with Crippen molar-refractivity contribution in [2.75, 3.05) is 5.49 Å². The minimum atomic E-state index is -5.17. The minimum absolute atomic E-state index is 0.0985. The lowest BCUT2D eigenvalue weighted by Crippen LogP contribution is -2.23. The Kier molecular flexibility index (Phi) is 3.47. The number of rotatable bonds is 3. The highest BCUT2D eigenvalue weighted by atomic mass is 35.5. The molecule has 15 heavy (non-hydrogen) atoms. The van der Waals surface area contributed by atoms with Crippen molar-refractivity contribution in [1.82, 2.24) is 9.97 Å². The average Bonchev–Trinajstić information content (AvgIpc) is 2.00. The van der Waals surface area contributed by atoms with Crippen molar-refractivity contribution in [3.8, 4) is 0 Å². The lowest BCUT2D eigenvalue weighted by Gasteiger charge is -2.28. The summed E-state index contributed by atoms with van der Waals surface area (Å²) in [5.41, 5.74) is -1.54. The van der Waals surface area contributed by atoms with Gasteiger partial charge in [0.2, 0.25) is 15.0 Å². The van der Waals surface area contributed by atoms with Gasteiger partial charge < -0.3 is 14.4 Å². The summed E-state index contributed by atoms with van der Waals surface area (Å²) in [6.07, 6.45) is 1.98. The molecule has 1 aromatic heterocycles. The maximum Gasteiger partial charge on any atom is 0.247 e. The van der Waals surface area contributed by atoms with E-state index >= 15 is 0 Å². The van der Waals surface area contributed by atoms with Gasteiger partial charge >= 0.3 is 0 Å². The first kappa shape index (κ1) is 12.5. The molecule has 0 N–H and O–H groups in total. The third kappa shape index (κ3) is 3.84. The second-order valence-corrected chi connectivity index (χ2v) is 6.82. The lowest BCUT2D eigenvalue weighted by atomic mass is 10.7. The SMILES string of the molecule is O=P([O-])([O-])CS(=O)(=O)c1ncc(Cl)cn1. The van der Waals surface area contributed by atoms with Crippen LogP contribution >= 0.6 is 19.2 Å². The Bertz CT molecular complexity index is 495. The van der Waals surface area contributed by atoms with Crippen molar-refractivity contribution in [3.63, 3.8) is 0 Å². The standard InChI is InChI=1S/C5H6ClN2O5PS/c6-4-1-7-5(8-2-4)15(12,13)3-14(9,10)11/h1-2H,3H2,(H2,9,10,11)/p-2. The molecule has 0 saturated carbocycles. The number of sulfone groups is 1. The molecule has 10 heteroatoms. The van der Waals surface area contributed by atoms with Gasteiger partial charge in [0.1, 0.15) is 0 Å². The predicted octanol–water partition coefficient (Wildman–Crippen LogP) is -1.23. The molecule has 0 bridgehead atoms. The van der Waals surface area contributed by atoms with Gasteiger partial charge in [-0.1, -0.05) is 19.2 Å². The Hall–Kier alpha value is -0.530. The van der Waals surface area contributed by atoms with Crippen LogP contribution in [0.5, 0.6) is 0 Å². The quantitative estimate of drug-likeness (QED) is 0.498. The van der Waals surface area contributed by atoms with Crippen molar-refractivity contribution < 1.29 is 22.8 Å². The van der Waals surface area contributed by atoms with Crippen molar-refractivity contribution >= 4 is 29.0 Å². The molecule has 0 atom stereocenters. The highest BCUT2D eigenvalue weighted by molar-refractivity contribution is 7.96. The number of nitrogens with zero attached hydrogens (tertiary/aromatic N) is 2. The van der Waals surface area contributed by atoms with E-state index in [0.717, 1.165) is 12.4 Å². The Morgan fingerprint density at radius 1 is 1.33 bits per heavy atom. The molecule has 0 aliphatic rings. The molecule has 1 aromatic rings. The lowest BCUT2D eigenvalue weighted by molar-refractivity contribution is -0.311. The first-order chi connectivity index (χ1) is 6.71. The molecule has 7 nitrogen and oxygen atoms in total. The molecule has 0 aliphatic heterocycles. The molecule has 84 valence electrons. The van der Waals surface area contributed by atoms with Crippen LogP contribution < -0.4 is 9.79 Å². The monoisotopic (exact) mass is 270 g/mol. The molecule has 0 unspecified atom stereocenters. The van der Waals surface area contributed by atoms with Crippen LogP contribution in [0.2, 0.25) is 5.02 Å². The average molecular weight is 271 g/mol. The number of halogens is 1. The molecule has 0 spiro atoms. The predicted molar refractivity (Wildman–Crippen MR) is 46.7 cm³/mol. The van der Waals surface area contributed by atoms with Gasteiger partial charge in [-0.05, 0) is 0 Å². The Morgan fingerprint density at radius 3 is 2.20 bits per heavy atom. The van der Waals surface area contributed by atoms with E-state index in [4.69, 9.17) is 11.6 Å². The third-order valence-corrected chi connectivity index (χ3v) is 4.79. The summed E-state index contributed by atoms with van der Waals surface area (Å²) in [5.74, 6) is 0. The van der Waals surface area contributed by atoms with E-state index in [0.29, 0.717) is 0 Å². The van der Waals surface area contributed by atoms with E-state index in [2.05, 4.69) is 9.97 Å². The van der Waals surface area contributed by atoms with Crippen molar-refractivity contribution in [2.45, 2.75) is 5.16 Å². The van der Waals surface area contributed by atoms with Gasteiger partial charge in [0.25, 0.3) is 0 Å². The summed E-state index contributed by atoms with van der Waals surface area (Å²) in [6.45, 7) is 0. The fourth-order valence-corrected chi connectivity index (χ4v) is 3.38. The summed E-state index contributed by atoms with van der Waals surface area (Å²) in [7, 11) is -9.47. The van der Waals surface area contributed by atoms with Crippen LogP contribution in [-0.2, 0) is 14.4 Å². The molecule has 1 rings (SSSR count). The smallest absolute Gasteiger partial charge is 0.247 e. The highest BCUT2D eigenvalue weighted by Crippen LogP contribution is 2.27. The zero-order valence-corrected chi connectivity index (χ0v) is 9.50. The fourth-order valence-electron chi connectivity index (χ4n) is 0.727. The number of aromatic nitrogens is 2. The van der Waals surface area contributed by atoms with Crippen LogP contribution in [0.15, 0.2) is 17.6 Å². The van der Waals surface area contributed by atoms with Gasteiger partial charge in [-0.15, -0.1) is 0 Å². The molecule has 0 amide bonds.